The number of nitrogens with zero attached hydrogens (tertiary/aromatic N) is 2. The van der Waals surface area contributed by atoms with Crippen LogP contribution in [0, 0.1) is 15.9 Å². The Kier molecular flexibility index (Phi) is 5.05. The molecule has 0 aliphatic heterocycles. The van der Waals surface area contributed by atoms with Crippen molar-refractivity contribution in [2.45, 2.75) is 0 Å². The number of phenols is 1. The van der Waals surface area contributed by atoms with E-state index < -0.39 is 28.1 Å². The minimum atomic E-state index is -0.785. The average Bonchev–Trinajstić information content (AvgIpc) is 2.56. The van der Waals surface area contributed by atoms with Gasteiger partial charge in [-0.2, -0.15) is 5.10 Å². The van der Waals surface area contributed by atoms with Crippen molar-refractivity contribution in [2.75, 3.05) is 7.11 Å². The fraction of sp³-hybridized carbons (Fsp3) is 0.0667. The molecule has 9 heteroatoms. The highest BCUT2D eigenvalue weighted by Crippen LogP contribution is 2.36. The van der Waals surface area contributed by atoms with E-state index in [-0.39, 0.29) is 16.9 Å². The zero-order valence-corrected chi connectivity index (χ0v) is 12.4. The predicted octanol–water partition coefficient (Wildman–Crippen LogP) is 2.21. The van der Waals surface area contributed by atoms with E-state index >= 15 is 0 Å². The van der Waals surface area contributed by atoms with Crippen LogP contribution < -0.4 is 10.2 Å². The van der Waals surface area contributed by atoms with Crippen molar-refractivity contribution in [1.29, 1.82) is 0 Å². The number of carbonyl (C=O) groups excluding carboxylic acids is 1. The highest BCUT2D eigenvalue weighted by Gasteiger charge is 2.19. The molecule has 0 saturated heterocycles. The zero-order valence-electron chi connectivity index (χ0n) is 12.4. The number of ether oxygens (including phenoxy) is 1. The number of hydrogen-bond acceptors (Lipinski definition) is 6. The van der Waals surface area contributed by atoms with E-state index in [9.17, 15) is 24.4 Å². The number of carbonyl (C=O) groups is 1. The number of phenolic OH excluding ortho intramolecular Hbond substituents is 1. The van der Waals surface area contributed by atoms with Gasteiger partial charge in [-0.15, -0.1) is 0 Å². The third kappa shape index (κ3) is 3.64. The standard InChI is InChI=1S/C15H12FN3O5/c1-24-13-7-9(6-12(14(13)20)19(22)23)8-17-18-15(21)10-4-2-3-5-11(10)16/h2-8,20H,1H3,(H,18,21)/b17-8+. The van der Waals surface area contributed by atoms with Gasteiger partial charge in [-0.25, -0.2) is 9.82 Å². The fourth-order valence-electron chi connectivity index (χ4n) is 1.85. The van der Waals surface area contributed by atoms with Crippen LogP contribution in [0.5, 0.6) is 11.5 Å². The first-order chi connectivity index (χ1) is 11.4. The molecule has 2 aromatic carbocycles. The van der Waals surface area contributed by atoms with E-state index in [0.29, 0.717) is 0 Å². The molecule has 0 aromatic heterocycles. The monoisotopic (exact) mass is 333 g/mol. The summed E-state index contributed by atoms with van der Waals surface area (Å²) in [6.45, 7) is 0. The normalized spacial score (nSPS) is 10.6. The van der Waals surface area contributed by atoms with Gasteiger partial charge in [0.25, 0.3) is 5.91 Å². The topological polar surface area (TPSA) is 114 Å². The molecule has 2 N–H and O–H groups in total. The first kappa shape index (κ1) is 16.9. The van der Waals surface area contributed by atoms with Crippen LogP contribution in [0.15, 0.2) is 41.5 Å². The summed E-state index contributed by atoms with van der Waals surface area (Å²) in [5.41, 5.74) is 1.54. The number of nitro benzene ring substituents is 1. The Labute approximate surface area is 135 Å². The Morgan fingerprint density at radius 1 is 1.42 bits per heavy atom. The first-order valence-corrected chi connectivity index (χ1v) is 6.57. The van der Waals surface area contributed by atoms with Gasteiger partial charge >= 0.3 is 5.69 Å². The molecule has 0 unspecified atom stereocenters. The summed E-state index contributed by atoms with van der Waals surface area (Å²) in [5, 5.41) is 24.1. The van der Waals surface area contributed by atoms with Crippen LogP contribution in [0.1, 0.15) is 15.9 Å². The van der Waals surface area contributed by atoms with Crippen molar-refractivity contribution in [3.63, 3.8) is 0 Å². The number of aromatic hydroxyl groups is 1. The van der Waals surface area contributed by atoms with Gasteiger partial charge in [-0.3, -0.25) is 14.9 Å². The van der Waals surface area contributed by atoms with Crippen LogP contribution in [0.2, 0.25) is 0 Å². The van der Waals surface area contributed by atoms with Gasteiger partial charge in [0.15, 0.2) is 5.75 Å². The van der Waals surface area contributed by atoms with Crippen LogP contribution in [0.4, 0.5) is 10.1 Å². The van der Waals surface area contributed by atoms with Crippen molar-refractivity contribution in [1.82, 2.24) is 5.43 Å². The molecule has 0 radical (unpaired) electrons. The van der Waals surface area contributed by atoms with Crippen LogP contribution >= 0.6 is 0 Å². The second-order valence-electron chi connectivity index (χ2n) is 4.53. The summed E-state index contributed by atoms with van der Waals surface area (Å²) in [5.74, 6) is -2.21. The highest BCUT2D eigenvalue weighted by atomic mass is 19.1. The molecule has 0 heterocycles. The van der Waals surface area contributed by atoms with E-state index in [0.717, 1.165) is 18.3 Å². The van der Waals surface area contributed by atoms with Crippen molar-refractivity contribution in [2.24, 2.45) is 5.10 Å². The molecule has 0 saturated carbocycles. The number of benzene rings is 2. The molecule has 0 atom stereocenters. The first-order valence-electron chi connectivity index (χ1n) is 6.57. The van der Waals surface area contributed by atoms with E-state index in [2.05, 4.69) is 10.5 Å². The maximum Gasteiger partial charge on any atom is 0.315 e. The molecule has 8 nitrogen and oxygen atoms in total. The molecule has 0 fully saturated rings. The van der Waals surface area contributed by atoms with E-state index in [1.54, 1.807) is 0 Å². The number of nitro groups is 1. The Morgan fingerprint density at radius 3 is 2.75 bits per heavy atom. The number of amides is 1. The number of hydrogen-bond donors (Lipinski definition) is 2. The lowest BCUT2D eigenvalue weighted by Gasteiger charge is -2.05. The number of nitrogens with one attached hydrogen (secondary N) is 1. The lowest BCUT2D eigenvalue weighted by molar-refractivity contribution is -0.386. The molecular weight excluding hydrogens is 321 g/mol. The molecule has 124 valence electrons. The Balaban J connectivity index is 2.20. The number of methoxy groups -OCH3 is 1. The maximum absolute atomic E-state index is 13.4. The summed E-state index contributed by atoms with van der Waals surface area (Å²) < 4.78 is 18.3. The van der Waals surface area contributed by atoms with E-state index in [4.69, 9.17) is 4.74 Å². The van der Waals surface area contributed by atoms with Crippen molar-refractivity contribution in [3.8, 4) is 11.5 Å². The van der Waals surface area contributed by atoms with E-state index in [1.165, 1.54) is 31.4 Å². The summed E-state index contributed by atoms with van der Waals surface area (Å²) >= 11 is 0. The quantitative estimate of drug-likeness (QED) is 0.495. The van der Waals surface area contributed by atoms with Crippen LogP contribution in [0.25, 0.3) is 0 Å². The largest absolute Gasteiger partial charge is 0.500 e. The lowest BCUT2D eigenvalue weighted by Crippen LogP contribution is -2.18. The van der Waals surface area contributed by atoms with Crippen molar-refractivity contribution < 1.29 is 24.0 Å². The molecule has 0 bridgehead atoms. The lowest BCUT2D eigenvalue weighted by atomic mass is 10.2. The SMILES string of the molecule is COc1cc(/C=N/NC(=O)c2ccccc2F)cc([N+](=O)[O-])c1O. The van der Waals surface area contributed by atoms with Crippen LogP contribution in [-0.4, -0.2) is 29.3 Å². The number of halogens is 1. The van der Waals surface area contributed by atoms with Gasteiger partial charge in [0.1, 0.15) is 5.82 Å². The smallest absolute Gasteiger partial charge is 0.315 e. The Bertz CT molecular complexity index is 823. The molecule has 2 aromatic rings. The van der Waals surface area contributed by atoms with Gasteiger partial charge in [-0.1, -0.05) is 12.1 Å². The second kappa shape index (κ2) is 7.18. The molecule has 0 spiro atoms. The van der Waals surface area contributed by atoms with Gasteiger partial charge in [-0.05, 0) is 18.2 Å². The average molecular weight is 333 g/mol. The second-order valence-corrected chi connectivity index (χ2v) is 4.53. The summed E-state index contributed by atoms with van der Waals surface area (Å²) in [7, 11) is 1.24. The third-order valence-corrected chi connectivity index (χ3v) is 2.99. The molecule has 0 aliphatic carbocycles. The maximum atomic E-state index is 13.4. The molecular formula is C15H12FN3O5. The zero-order chi connectivity index (χ0) is 17.7. The molecule has 0 aliphatic rings. The molecule has 24 heavy (non-hydrogen) atoms. The van der Waals surface area contributed by atoms with Crippen molar-refractivity contribution in [3.05, 3.63) is 63.5 Å². The summed E-state index contributed by atoms with van der Waals surface area (Å²) in [6.07, 6.45) is 1.10. The van der Waals surface area contributed by atoms with Crippen LogP contribution in [-0.2, 0) is 0 Å². The molecule has 2 rings (SSSR count). The Morgan fingerprint density at radius 2 is 2.12 bits per heavy atom. The van der Waals surface area contributed by atoms with Crippen molar-refractivity contribution >= 4 is 17.8 Å². The Hall–Kier alpha value is -3.49. The van der Waals surface area contributed by atoms with Gasteiger partial charge in [0.05, 0.1) is 23.8 Å². The van der Waals surface area contributed by atoms with Gasteiger partial charge in [0.2, 0.25) is 5.75 Å². The summed E-state index contributed by atoms with van der Waals surface area (Å²) in [4.78, 5) is 21.9. The minimum absolute atomic E-state index is 0.119. The fourth-order valence-corrected chi connectivity index (χ4v) is 1.85. The van der Waals surface area contributed by atoms with Crippen LogP contribution in [0.3, 0.4) is 0 Å². The van der Waals surface area contributed by atoms with Gasteiger partial charge in [0, 0.05) is 11.6 Å². The predicted molar refractivity (Wildman–Crippen MR) is 82.8 cm³/mol. The number of hydrazone groups is 1. The summed E-state index contributed by atoms with van der Waals surface area (Å²) in [6, 6.07) is 7.70. The highest BCUT2D eigenvalue weighted by molar-refractivity contribution is 5.95. The third-order valence-electron chi connectivity index (χ3n) is 2.99. The molecule has 1 amide bonds. The van der Waals surface area contributed by atoms with Gasteiger partial charge < -0.3 is 9.84 Å². The minimum Gasteiger partial charge on any atom is -0.500 e. The van der Waals surface area contributed by atoms with E-state index in [1.807, 2.05) is 0 Å². The number of rotatable bonds is 5.